The molecule has 1 aromatic carbocycles. The van der Waals surface area contributed by atoms with E-state index in [4.69, 9.17) is 9.15 Å². The molecule has 1 aromatic heterocycles. The molecule has 0 N–H and O–H groups in total. The number of hydrogen-bond donors (Lipinski definition) is 0. The number of carbonyl (C=O) groups is 2. The van der Waals surface area contributed by atoms with E-state index in [-0.39, 0.29) is 29.9 Å². The quantitative estimate of drug-likeness (QED) is 0.526. The molecule has 0 bridgehead atoms. The molecule has 0 aliphatic carbocycles. The van der Waals surface area contributed by atoms with Crippen LogP contribution in [0.1, 0.15) is 57.1 Å². The van der Waals surface area contributed by atoms with Crippen LogP contribution in [-0.2, 0) is 27.3 Å². The third kappa shape index (κ3) is 8.35. The van der Waals surface area contributed by atoms with Gasteiger partial charge in [-0.3, -0.25) is 9.59 Å². The van der Waals surface area contributed by atoms with Crippen LogP contribution in [0.25, 0.3) is 0 Å². The molecule has 3 rings (SSSR count). The summed E-state index contributed by atoms with van der Waals surface area (Å²) in [7, 11) is 0. The van der Waals surface area contributed by atoms with E-state index in [9.17, 15) is 9.59 Å². The molecule has 0 radical (unpaired) electrons. The van der Waals surface area contributed by atoms with Crippen molar-refractivity contribution < 1.29 is 18.7 Å². The lowest BCUT2D eigenvalue weighted by atomic mass is 9.91. The van der Waals surface area contributed by atoms with Crippen LogP contribution >= 0.6 is 0 Å². The van der Waals surface area contributed by atoms with Gasteiger partial charge < -0.3 is 19.0 Å². The third-order valence-corrected chi connectivity index (χ3v) is 5.82. The van der Waals surface area contributed by atoms with Gasteiger partial charge in [-0.1, -0.05) is 51.1 Å². The Labute approximate surface area is 197 Å². The smallest absolute Gasteiger partial charge is 0.242 e. The minimum atomic E-state index is -0.145. The Morgan fingerprint density at radius 2 is 1.79 bits per heavy atom. The second kappa shape index (κ2) is 11.5. The monoisotopic (exact) mass is 454 g/mol. The van der Waals surface area contributed by atoms with E-state index >= 15 is 0 Å². The number of ether oxygens (including phenoxy) is 1. The van der Waals surface area contributed by atoms with Gasteiger partial charge in [-0.2, -0.15) is 0 Å². The average molecular weight is 455 g/mol. The SMILES string of the molecule is Cc1ccc(CN(CCc2ccccc2)C(=O)CN(CC2CCCO2)C(=O)CC(C)(C)C)o1. The molecule has 6 nitrogen and oxygen atoms in total. The normalized spacial score (nSPS) is 16.1. The second-order valence-electron chi connectivity index (χ2n) is 10.2. The maximum Gasteiger partial charge on any atom is 0.242 e. The molecule has 1 fully saturated rings. The summed E-state index contributed by atoms with van der Waals surface area (Å²) in [6.45, 7) is 10.2. The molecule has 33 heavy (non-hydrogen) atoms. The molecule has 2 aromatic rings. The number of rotatable bonds is 10. The van der Waals surface area contributed by atoms with E-state index in [0.717, 1.165) is 37.4 Å². The van der Waals surface area contributed by atoms with Gasteiger partial charge in [-0.15, -0.1) is 0 Å². The van der Waals surface area contributed by atoms with E-state index in [1.165, 1.54) is 5.56 Å². The summed E-state index contributed by atoms with van der Waals surface area (Å²) in [4.78, 5) is 30.1. The Kier molecular flexibility index (Phi) is 8.73. The molecule has 0 spiro atoms. The maximum absolute atomic E-state index is 13.5. The molecule has 1 aliphatic heterocycles. The van der Waals surface area contributed by atoms with Crippen molar-refractivity contribution in [3.63, 3.8) is 0 Å². The van der Waals surface area contributed by atoms with Crippen molar-refractivity contribution in [2.75, 3.05) is 26.2 Å². The number of nitrogens with zero attached hydrogens (tertiary/aromatic N) is 2. The highest BCUT2D eigenvalue weighted by atomic mass is 16.5. The fraction of sp³-hybridized carbons (Fsp3) is 0.556. The van der Waals surface area contributed by atoms with Crippen LogP contribution in [0.2, 0.25) is 0 Å². The van der Waals surface area contributed by atoms with Crippen molar-refractivity contribution in [2.45, 2.75) is 66.0 Å². The number of hydrogen-bond acceptors (Lipinski definition) is 4. The van der Waals surface area contributed by atoms with Crippen molar-refractivity contribution >= 4 is 11.8 Å². The number of carbonyl (C=O) groups excluding carboxylic acids is 2. The minimum Gasteiger partial charge on any atom is -0.464 e. The van der Waals surface area contributed by atoms with E-state index in [2.05, 4.69) is 12.1 Å². The van der Waals surface area contributed by atoms with E-state index < -0.39 is 0 Å². The van der Waals surface area contributed by atoms with Gasteiger partial charge in [-0.05, 0) is 49.3 Å². The molecule has 1 atom stereocenters. The Morgan fingerprint density at radius 1 is 1.03 bits per heavy atom. The van der Waals surface area contributed by atoms with Crippen molar-refractivity contribution in [2.24, 2.45) is 5.41 Å². The van der Waals surface area contributed by atoms with Gasteiger partial charge in [-0.25, -0.2) is 0 Å². The summed E-state index contributed by atoms with van der Waals surface area (Å²) >= 11 is 0. The van der Waals surface area contributed by atoms with Crippen LogP contribution in [0.3, 0.4) is 0 Å². The molecule has 6 heteroatoms. The first kappa shape index (κ1) is 25.0. The van der Waals surface area contributed by atoms with Crippen LogP contribution in [-0.4, -0.2) is 54.0 Å². The predicted molar refractivity (Wildman–Crippen MR) is 129 cm³/mol. The Bertz CT molecular complexity index is 894. The van der Waals surface area contributed by atoms with Crippen LogP contribution < -0.4 is 0 Å². The molecule has 0 saturated carbocycles. The lowest BCUT2D eigenvalue weighted by Gasteiger charge is -2.30. The summed E-state index contributed by atoms with van der Waals surface area (Å²) < 4.78 is 11.5. The van der Waals surface area contributed by atoms with Gasteiger partial charge in [0.15, 0.2) is 0 Å². The highest BCUT2D eigenvalue weighted by molar-refractivity contribution is 5.85. The summed E-state index contributed by atoms with van der Waals surface area (Å²) in [5, 5.41) is 0. The fourth-order valence-electron chi connectivity index (χ4n) is 4.08. The number of benzene rings is 1. The van der Waals surface area contributed by atoms with Gasteiger partial charge >= 0.3 is 0 Å². The minimum absolute atomic E-state index is 0.00297. The standard InChI is InChI=1S/C27H38N2O4/c1-21-12-13-24(33-21)19-28(15-14-22-9-6-5-7-10-22)26(31)20-29(18-23-11-8-16-32-23)25(30)17-27(2,3)4/h5-7,9-10,12-13,23H,8,11,14-20H2,1-4H3. The van der Waals surface area contributed by atoms with Crippen molar-refractivity contribution in [3.8, 4) is 0 Å². The zero-order valence-corrected chi connectivity index (χ0v) is 20.5. The topological polar surface area (TPSA) is 63.0 Å². The highest BCUT2D eigenvalue weighted by Crippen LogP contribution is 2.22. The zero-order valence-electron chi connectivity index (χ0n) is 20.5. The molecule has 180 valence electrons. The first-order chi connectivity index (χ1) is 15.7. The third-order valence-electron chi connectivity index (χ3n) is 5.82. The largest absolute Gasteiger partial charge is 0.464 e. The summed E-state index contributed by atoms with van der Waals surface area (Å²) in [5.41, 5.74) is 1.03. The Balaban J connectivity index is 1.72. The molecule has 1 unspecified atom stereocenters. The van der Waals surface area contributed by atoms with Gasteiger partial charge in [0.25, 0.3) is 0 Å². The Morgan fingerprint density at radius 3 is 2.39 bits per heavy atom. The van der Waals surface area contributed by atoms with Gasteiger partial charge in [0.2, 0.25) is 11.8 Å². The first-order valence-electron chi connectivity index (χ1n) is 12.0. The van der Waals surface area contributed by atoms with Crippen LogP contribution in [0.5, 0.6) is 0 Å². The van der Waals surface area contributed by atoms with E-state index in [0.29, 0.717) is 26.1 Å². The molecular formula is C27H38N2O4. The summed E-state index contributed by atoms with van der Waals surface area (Å²) in [6.07, 6.45) is 3.08. The van der Waals surface area contributed by atoms with E-state index in [1.807, 2.05) is 58.0 Å². The lowest BCUT2D eigenvalue weighted by Crippen LogP contribution is -2.46. The number of aryl methyl sites for hydroxylation is 1. The van der Waals surface area contributed by atoms with Crippen molar-refractivity contribution in [1.29, 1.82) is 0 Å². The second-order valence-corrected chi connectivity index (χ2v) is 10.2. The van der Waals surface area contributed by atoms with Crippen LogP contribution in [0.15, 0.2) is 46.9 Å². The summed E-state index contributed by atoms with van der Waals surface area (Å²) in [6, 6.07) is 13.9. The maximum atomic E-state index is 13.5. The van der Waals surface area contributed by atoms with Gasteiger partial charge in [0.05, 0.1) is 19.2 Å². The lowest BCUT2D eigenvalue weighted by molar-refractivity contribution is -0.143. The fourth-order valence-corrected chi connectivity index (χ4v) is 4.08. The molecule has 2 amide bonds. The summed E-state index contributed by atoms with van der Waals surface area (Å²) in [5.74, 6) is 1.50. The molecule has 1 saturated heterocycles. The van der Waals surface area contributed by atoms with Crippen LogP contribution in [0.4, 0.5) is 0 Å². The Hall–Kier alpha value is -2.60. The predicted octanol–water partition coefficient (Wildman–Crippen LogP) is 4.60. The zero-order chi connectivity index (χ0) is 23.8. The van der Waals surface area contributed by atoms with Crippen LogP contribution in [0, 0.1) is 12.3 Å². The highest BCUT2D eigenvalue weighted by Gasteiger charge is 2.28. The molecule has 1 aliphatic rings. The average Bonchev–Trinajstić information content (AvgIpc) is 3.41. The van der Waals surface area contributed by atoms with E-state index in [1.54, 1.807) is 9.80 Å². The molecule has 2 heterocycles. The van der Waals surface area contributed by atoms with Crippen molar-refractivity contribution in [3.05, 3.63) is 59.5 Å². The first-order valence-corrected chi connectivity index (χ1v) is 12.0. The van der Waals surface area contributed by atoms with Gasteiger partial charge in [0.1, 0.15) is 11.5 Å². The van der Waals surface area contributed by atoms with Crippen molar-refractivity contribution in [1.82, 2.24) is 9.80 Å². The molecular weight excluding hydrogens is 416 g/mol. The number of furan rings is 1. The van der Waals surface area contributed by atoms with Gasteiger partial charge in [0, 0.05) is 26.1 Å². The number of amides is 2.